The molecule has 1 heterocycles. The van der Waals surface area contributed by atoms with Crippen LogP contribution in [0.15, 0.2) is 11.3 Å². The maximum absolute atomic E-state index is 11.1. The van der Waals surface area contributed by atoms with Gasteiger partial charge in [-0.1, -0.05) is 13.8 Å². The van der Waals surface area contributed by atoms with Crippen molar-refractivity contribution in [3.05, 3.63) is 11.3 Å². The molecule has 0 radical (unpaired) electrons. The number of nitrogens with two attached hydrogens (primary N) is 1. The molecule has 1 aliphatic heterocycles. The Labute approximate surface area is 83.9 Å². The van der Waals surface area contributed by atoms with Gasteiger partial charge in [-0.3, -0.25) is 4.79 Å². The van der Waals surface area contributed by atoms with Crippen LogP contribution >= 0.6 is 0 Å². The lowest BCUT2D eigenvalue weighted by atomic mass is 9.76. The highest BCUT2D eigenvalue weighted by Crippen LogP contribution is 2.39. The molecule has 14 heavy (non-hydrogen) atoms. The van der Waals surface area contributed by atoms with Crippen molar-refractivity contribution in [3.8, 4) is 0 Å². The van der Waals surface area contributed by atoms with Gasteiger partial charge in [0.25, 0.3) is 0 Å². The molecule has 0 bridgehead atoms. The average molecular weight is 195 g/mol. The molecule has 2 rings (SSSR count). The van der Waals surface area contributed by atoms with Crippen molar-refractivity contribution in [1.82, 2.24) is 10.9 Å². The van der Waals surface area contributed by atoms with Crippen molar-refractivity contribution >= 4 is 5.91 Å². The van der Waals surface area contributed by atoms with Crippen molar-refractivity contribution in [3.63, 3.8) is 0 Å². The third-order valence-corrected chi connectivity index (χ3v) is 3.11. The van der Waals surface area contributed by atoms with Gasteiger partial charge in [0, 0.05) is 5.70 Å². The first-order valence-corrected chi connectivity index (χ1v) is 5.02. The standard InChI is InChI=1S/C10H17N3O/c1-10(2)4-3-6-7(5-10)12-13-8(6)9(11)14/h8,12-13H,3-5H2,1-2H3,(H2,11,14). The maximum Gasteiger partial charge on any atom is 0.240 e. The van der Waals surface area contributed by atoms with Crippen LogP contribution in [0.2, 0.25) is 0 Å². The van der Waals surface area contributed by atoms with Crippen LogP contribution in [-0.2, 0) is 4.79 Å². The van der Waals surface area contributed by atoms with Crippen LogP contribution in [0, 0.1) is 5.41 Å². The first-order chi connectivity index (χ1) is 6.49. The van der Waals surface area contributed by atoms with Gasteiger partial charge in [0.05, 0.1) is 0 Å². The van der Waals surface area contributed by atoms with Crippen LogP contribution in [0.4, 0.5) is 0 Å². The summed E-state index contributed by atoms with van der Waals surface area (Å²) in [5, 5.41) is 0. The number of rotatable bonds is 1. The zero-order chi connectivity index (χ0) is 10.3. The Balaban J connectivity index is 2.22. The van der Waals surface area contributed by atoms with Gasteiger partial charge in [-0.2, -0.15) is 0 Å². The van der Waals surface area contributed by atoms with Crippen molar-refractivity contribution in [2.45, 2.75) is 39.2 Å². The minimum absolute atomic E-state index is 0.290. The first-order valence-electron chi connectivity index (χ1n) is 5.02. The number of hydrazine groups is 1. The largest absolute Gasteiger partial charge is 0.368 e. The molecule has 1 unspecified atom stereocenters. The first kappa shape index (κ1) is 9.52. The Morgan fingerprint density at radius 2 is 2.29 bits per heavy atom. The average Bonchev–Trinajstić information content (AvgIpc) is 2.44. The van der Waals surface area contributed by atoms with Gasteiger partial charge >= 0.3 is 0 Å². The van der Waals surface area contributed by atoms with E-state index >= 15 is 0 Å². The van der Waals surface area contributed by atoms with E-state index in [1.807, 2.05) is 0 Å². The Hall–Kier alpha value is -1.03. The molecule has 2 aliphatic rings. The number of hydrogen-bond donors (Lipinski definition) is 3. The topological polar surface area (TPSA) is 67.2 Å². The highest BCUT2D eigenvalue weighted by molar-refractivity contribution is 5.84. The lowest BCUT2D eigenvalue weighted by molar-refractivity contribution is -0.119. The van der Waals surface area contributed by atoms with E-state index in [4.69, 9.17) is 5.73 Å². The summed E-state index contributed by atoms with van der Waals surface area (Å²) in [5.41, 5.74) is 14.0. The summed E-state index contributed by atoms with van der Waals surface area (Å²) < 4.78 is 0. The molecule has 0 saturated heterocycles. The van der Waals surface area contributed by atoms with Crippen molar-refractivity contribution in [2.24, 2.45) is 11.1 Å². The van der Waals surface area contributed by atoms with E-state index in [0.29, 0.717) is 5.41 Å². The van der Waals surface area contributed by atoms with Crippen LogP contribution < -0.4 is 16.6 Å². The summed E-state index contributed by atoms with van der Waals surface area (Å²) in [5.74, 6) is -0.290. The second-order valence-electron chi connectivity index (χ2n) is 4.95. The SMILES string of the molecule is CC1(C)CCC2=C(C1)NNC2C(N)=O. The third-order valence-electron chi connectivity index (χ3n) is 3.11. The fourth-order valence-corrected chi connectivity index (χ4v) is 2.24. The number of hydrogen-bond acceptors (Lipinski definition) is 3. The summed E-state index contributed by atoms with van der Waals surface area (Å²) in [6.07, 6.45) is 3.09. The van der Waals surface area contributed by atoms with Crippen LogP contribution in [-0.4, -0.2) is 11.9 Å². The van der Waals surface area contributed by atoms with E-state index in [2.05, 4.69) is 24.7 Å². The molecular formula is C10H17N3O. The quantitative estimate of drug-likeness (QED) is 0.568. The molecule has 78 valence electrons. The van der Waals surface area contributed by atoms with Gasteiger partial charge in [-0.15, -0.1) is 0 Å². The molecule has 0 spiro atoms. The van der Waals surface area contributed by atoms with Crippen molar-refractivity contribution in [2.75, 3.05) is 0 Å². The molecule has 1 aliphatic carbocycles. The van der Waals surface area contributed by atoms with Gasteiger partial charge in [0.2, 0.25) is 5.91 Å². The van der Waals surface area contributed by atoms with Gasteiger partial charge in [-0.25, -0.2) is 5.43 Å². The zero-order valence-corrected chi connectivity index (χ0v) is 8.68. The molecule has 0 saturated carbocycles. The van der Waals surface area contributed by atoms with Crippen LogP contribution in [0.1, 0.15) is 33.1 Å². The van der Waals surface area contributed by atoms with Gasteiger partial charge < -0.3 is 11.2 Å². The smallest absolute Gasteiger partial charge is 0.240 e. The number of nitrogens with one attached hydrogen (secondary N) is 2. The molecule has 1 atom stereocenters. The number of amides is 1. The third kappa shape index (κ3) is 1.50. The molecule has 1 amide bonds. The summed E-state index contributed by atoms with van der Waals surface area (Å²) >= 11 is 0. The second kappa shape index (κ2) is 2.98. The van der Waals surface area contributed by atoms with Gasteiger partial charge in [0.15, 0.2) is 0 Å². The number of carbonyl (C=O) groups excluding carboxylic acids is 1. The molecular weight excluding hydrogens is 178 g/mol. The van der Waals surface area contributed by atoms with Crippen LogP contribution in [0.25, 0.3) is 0 Å². The minimum atomic E-state index is -0.291. The summed E-state index contributed by atoms with van der Waals surface area (Å²) in [4.78, 5) is 11.1. The maximum atomic E-state index is 11.1. The molecule has 4 N–H and O–H groups in total. The molecule has 0 aromatic rings. The Morgan fingerprint density at radius 1 is 1.57 bits per heavy atom. The fourth-order valence-electron chi connectivity index (χ4n) is 2.24. The van der Waals surface area contributed by atoms with Gasteiger partial charge in [0.1, 0.15) is 6.04 Å². The second-order valence-corrected chi connectivity index (χ2v) is 4.95. The number of primary amides is 1. The number of allylic oxidation sites excluding steroid dienone is 1. The fraction of sp³-hybridized carbons (Fsp3) is 0.700. The molecule has 0 fully saturated rings. The van der Waals surface area contributed by atoms with Crippen molar-refractivity contribution in [1.29, 1.82) is 0 Å². The highest BCUT2D eigenvalue weighted by atomic mass is 16.1. The van der Waals surface area contributed by atoms with Gasteiger partial charge in [-0.05, 0) is 30.3 Å². The normalized spacial score (nSPS) is 29.7. The zero-order valence-electron chi connectivity index (χ0n) is 8.68. The molecule has 4 heteroatoms. The Morgan fingerprint density at radius 3 is 2.93 bits per heavy atom. The van der Waals surface area contributed by atoms with Crippen LogP contribution in [0.3, 0.4) is 0 Å². The Bertz CT molecular complexity index is 306. The van der Waals surface area contributed by atoms with E-state index < -0.39 is 0 Å². The monoisotopic (exact) mass is 195 g/mol. The lowest BCUT2D eigenvalue weighted by Gasteiger charge is -2.30. The predicted molar refractivity (Wildman–Crippen MR) is 53.9 cm³/mol. The lowest BCUT2D eigenvalue weighted by Crippen LogP contribution is -2.42. The van der Waals surface area contributed by atoms with E-state index in [0.717, 1.165) is 24.8 Å². The predicted octanol–water partition coefficient (Wildman–Crippen LogP) is 0.412. The van der Waals surface area contributed by atoms with E-state index in [9.17, 15) is 4.79 Å². The summed E-state index contributed by atoms with van der Waals surface area (Å²) in [6, 6.07) is -0.291. The summed E-state index contributed by atoms with van der Waals surface area (Å²) in [6.45, 7) is 4.49. The van der Waals surface area contributed by atoms with Crippen LogP contribution in [0.5, 0.6) is 0 Å². The van der Waals surface area contributed by atoms with Crippen molar-refractivity contribution < 1.29 is 4.79 Å². The number of carbonyl (C=O) groups is 1. The molecule has 0 aromatic carbocycles. The Kier molecular flexibility index (Phi) is 2.03. The highest BCUT2D eigenvalue weighted by Gasteiger charge is 2.36. The molecule has 0 aromatic heterocycles. The van der Waals surface area contributed by atoms with E-state index in [1.54, 1.807) is 0 Å². The minimum Gasteiger partial charge on any atom is -0.368 e. The van der Waals surface area contributed by atoms with E-state index in [-0.39, 0.29) is 11.9 Å². The summed E-state index contributed by atoms with van der Waals surface area (Å²) in [7, 11) is 0. The molecule has 4 nitrogen and oxygen atoms in total. The van der Waals surface area contributed by atoms with E-state index in [1.165, 1.54) is 5.70 Å².